The Morgan fingerprint density at radius 1 is 1.53 bits per heavy atom. The van der Waals surface area contributed by atoms with Gasteiger partial charge in [-0.3, -0.25) is 14.9 Å². The highest BCUT2D eigenvalue weighted by Gasteiger charge is 2.13. The van der Waals surface area contributed by atoms with Crippen LogP contribution in [0.4, 0.5) is 11.4 Å². The largest absolute Gasteiger partial charge is 0.326 e. The summed E-state index contributed by atoms with van der Waals surface area (Å²) in [7, 11) is 1.76. The van der Waals surface area contributed by atoms with E-state index in [0.717, 1.165) is 0 Å². The van der Waals surface area contributed by atoms with Crippen molar-refractivity contribution >= 4 is 17.3 Å². The molecular formula is C11H15N3O3. The Morgan fingerprint density at radius 2 is 2.24 bits per heavy atom. The number of rotatable bonds is 5. The molecule has 0 fully saturated rings. The van der Waals surface area contributed by atoms with Gasteiger partial charge in [-0.2, -0.15) is 0 Å². The third-order valence-electron chi connectivity index (χ3n) is 2.28. The quantitative estimate of drug-likeness (QED) is 0.598. The summed E-state index contributed by atoms with van der Waals surface area (Å²) in [6.07, 6.45) is 0. The van der Waals surface area contributed by atoms with E-state index in [2.05, 4.69) is 10.6 Å². The van der Waals surface area contributed by atoms with Crippen LogP contribution in [0.2, 0.25) is 0 Å². The highest BCUT2D eigenvalue weighted by molar-refractivity contribution is 5.92. The number of nitrogens with zero attached hydrogens (tertiary/aromatic N) is 1. The molecule has 92 valence electrons. The molecule has 0 spiro atoms. The molecule has 0 radical (unpaired) electrons. The number of carbonyl (C=O) groups is 1. The van der Waals surface area contributed by atoms with Crippen molar-refractivity contribution in [3.05, 3.63) is 34.4 Å². The summed E-state index contributed by atoms with van der Waals surface area (Å²) in [6, 6.07) is 5.88. The summed E-state index contributed by atoms with van der Waals surface area (Å²) < 4.78 is 0. The van der Waals surface area contributed by atoms with E-state index < -0.39 is 4.92 Å². The average Bonchev–Trinajstić information content (AvgIpc) is 2.29. The predicted molar refractivity (Wildman–Crippen MR) is 64.8 cm³/mol. The minimum absolute atomic E-state index is 0.0379. The van der Waals surface area contributed by atoms with Gasteiger partial charge in [-0.15, -0.1) is 0 Å². The van der Waals surface area contributed by atoms with E-state index in [1.165, 1.54) is 18.2 Å². The summed E-state index contributed by atoms with van der Waals surface area (Å²) in [6.45, 7) is 2.34. The fourth-order valence-corrected chi connectivity index (χ4v) is 1.36. The van der Waals surface area contributed by atoms with Gasteiger partial charge in [0.05, 0.1) is 4.92 Å². The lowest BCUT2D eigenvalue weighted by Gasteiger charge is -2.11. The molecule has 1 aromatic rings. The van der Waals surface area contributed by atoms with Crippen molar-refractivity contribution in [2.75, 3.05) is 18.9 Å². The Balaban J connectivity index is 2.71. The van der Waals surface area contributed by atoms with Crippen LogP contribution >= 0.6 is 0 Å². The number of anilines is 1. The molecule has 1 atom stereocenters. The van der Waals surface area contributed by atoms with Gasteiger partial charge in [0.25, 0.3) is 5.69 Å². The second kappa shape index (κ2) is 5.95. The minimum atomic E-state index is -0.493. The van der Waals surface area contributed by atoms with Gasteiger partial charge in [0.15, 0.2) is 0 Å². The molecule has 17 heavy (non-hydrogen) atoms. The van der Waals surface area contributed by atoms with Gasteiger partial charge < -0.3 is 10.6 Å². The Bertz CT molecular complexity index is 420. The standard InChI is InChI=1S/C11H15N3O3/c1-8(7-12-2)11(15)13-9-4-3-5-10(6-9)14(16)17/h3-6,8,12H,7H2,1-2H3,(H,13,15). The lowest BCUT2D eigenvalue weighted by Crippen LogP contribution is -2.28. The molecule has 6 nitrogen and oxygen atoms in total. The van der Waals surface area contributed by atoms with Crippen LogP contribution in [0.25, 0.3) is 0 Å². The van der Waals surface area contributed by atoms with E-state index in [0.29, 0.717) is 12.2 Å². The van der Waals surface area contributed by atoms with Gasteiger partial charge in [0.1, 0.15) is 0 Å². The van der Waals surface area contributed by atoms with Gasteiger partial charge in [0, 0.05) is 30.3 Å². The van der Waals surface area contributed by atoms with E-state index in [1.54, 1.807) is 20.0 Å². The number of nitro benzene ring substituents is 1. The second-order valence-corrected chi connectivity index (χ2v) is 3.76. The van der Waals surface area contributed by atoms with Crippen LogP contribution in [-0.4, -0.2) is 24.4 Å². The van der Waals surface area contributed by atoms with Crippen LogP contribution < -0.4 is 10.6 Å². The number of amides is 1. The monoisotopic (exact) mass is 237 g/mol. The van der Waals surface area contributed by atoms with Gasteiger partial charge >= 0.3 is 0 Å². The van der Waals surface area contributed by atoms with Crippen molar-refractivity contribution in [1.29, 1.82) is 0 Å². The van der Waals surface area contributed by atoms with E-state index in [1.807, 2.05) is 0 Å². The molecule has 0 saturated heterocycles. The molecule has 0 aliphatic carbocycles. The zero-order valence-electron chi connectivity index (χ0n) is 9.77. The summed E-state index contributed by atoms with van der Waals surface area (Å²) in [5, 5.41) is 16.1. The van der Waals surface area contributed by atoms with E-state index in [4.69, 9.17) is 0 Å². The second-order valence-electron chi connectivity index (χ2n) is 3.76. The highest BCUT2D eigenvalue weighted by Crippen LogP contribution is 2.17. The van der Waals surface area contributed by atoms with Gasteiger partial charge in [0.2, 0.25) is 5.91 Å². The SMILES string of the molecule is CNCC(C)C(=O)Nc1cccc([N+](=O)[O-])c1. The van der Waals surface area contributed by atoms with Crippen molar-refractivity contribution in [1.82, 2.24) is 5.32 Å². The van der Waals surface area contributed by atoms with Crippen LogP contribution in [0.3, 0.4) is 0 Å². The number of benzene rings is 1. The first kappa shape index (κ1) is 13.1. The normalized spacial score (nSPS) is 11.9. The number of nitrogens with one attached hydrogen (secondary N) is 2. The molecule has 1 amide bonds. The molecule has 0 heterocycles. The molecule has 6 heteroatoms. The molecule has 0 aliphatic rings. The van der Waals surface area contributed by atoms with E-state index in [9.17, 15) is 14.9 Å². The lowest BCUT2D eigenvalue weighted by atomic mass is 10.1. The third kappa shape index (κ3) is 3.84. The summed E-state index contributed by atoms with van der Waals surface area (Å²) in [5.74, 6) is -0.362. The lowest BCUT2D eigenvalue weighted by molar-refractivity contribution is -0.384. The first-order valence-electron chi connectivity index (χ1n) is 5.24. The van der Waals surface area contributed by atoms with Crippen LogP contribution in [0, 0.1) is 16.0 Å². The number of nitro groups is 1. The van der Waals surface area contributed by atoms with Gasteiger partial charge in [-0.05, 0) is 13.1 Å². The Labute approximate surface area is 99.2 Å². The van der Waals surface area contributed by atoms with Gasteiger partial charge in [-0.1, -0.05) is 13.0 Å². The fourth-order valence-electron chi connectivity index (χ4n) is 1.36. The van der Waals surface area contributed by atoms with E-state index in [-0.39, 0.29) is 17.5 Å². The maximum atomic E-state index is 11.7. The predicted octanol–water partition coefficient (Wildman–Crippen LogP) is 1.39. The average molecular weight is 237 g/mol. The topological polar surface area (TPSA) is 84.3 Å². The molecule has 1 rings (SSSR count). The molecule has 1 unspecified atom stereocenters. The number of non-ortho nitro benzene ring substituents is 1. The molecule has 0 bridgehead atoms. The van der Waals surface area contributed by atoms with E-state index >= 15 is 0 Å². The number of hydrogen-bond acceptors (Lipinski definition) is 4. The zero-order chi connectivity index (χ0) is 12.8. The number of hydrogen-bond donors (Lipinski definition) is 2. The molecule has 1 aromatic carbocycles. The smallest absolute Gasteiger partial charge is 0.271 e. The van der Waals surface area contributed by atoms with Crippen LogP contribution in [0.5, 0.6) is 0 Å². The minimum Gasteiger partial charge on any atom is -0.326 e. The molecule has 0 saturated carbocycles. The molecular weight excluding hydrogens is 222 g/mol. The number of carbonyl (C=O) groups excluding carboxylic acids is 1. The van der Waals surface area contributed by atoms with Crippen LogP contribution in [-0.2, 0) is 4.79 Å². The van der Waals surface area contributed by atoms with Gasteiger partial charge in [-0.25, -0.2) is 0 Å². The first-order valence-corrected chi connectivity index (χ1v) is 5.24. The molecule has 0 aliphatic heterocycles. The fraction of sp³-hybridized carbons (Fsp3) is 0.364. The van der Waals surface area contributed by atoms with Crippen molar-refractivity contribution in [2.24, 2.45) is 5.92 Å². The Hall–Kier alpha value is -1.95. The maximum absolute atomic E-state index is 11.7. The Morgan fingerprint density at radius 3 is 2.82 bits per heavy atom. The van der Waals surface area contributed by atoms with Crippen LogP contribution in [0.15, 0.2) is 24.3 Å². The van der Waals surface area contributed by atoms with Crippen LogP contribution in [0.1, 0.15) is 6.92 Å². The summed E-state index contributed by atoms with van der Waals surface area (Å²) >= 11 is 0. The third-order valence-corrected chi connectivity index (χ3v) is 2.28. The summed E-state index contributed by atoms with van der Waals surface area (Å²) in [4.78, 5) is 21.7. The zero-order valence-corrected chi connectivity index (χ0v) is 9.77. The summed E-state index contributed by atoms with van der Waals surface area (Å²) in [5.41, 5.74) is 0.399. The Kier molecular flexibility index (Phi) is 4.59. The maximum Gasteiger partial charge on any atom is 0.271 e. The molecule has 2 N–H and O–H groups in total. The van der Waals surface area contributed by atoms with Crippen molar-refractivity contribution in [3.63, 3.8) is 0 Å². The molecule has 0 aromatic heterocycles. The highest BCUT2D eigenvalue weighted by atomic mass is 16.6. The van der Waals surface area contributed by atoms with Crippen molar-refractivity contribution in [3.8, 4) is 0 Å². The first-order chi connectivity index (χ1) is 8.04. The van der Waals surface area contributed by atoms with Crippen molar-refractivity contribution in [2.45, 2.75) is 6.92 Å². The van der Waals surface area contributed by atoms with Crippen molar-refractivity contribution < 1.29 is 9.72 Å².